The van der Waals surface area contributed by atoms with Crippen molar-refractivity contribution in [2.24, 2.45) is 0 Å². The lowest BCUT2D eigenvalue weighted by atomic mass is 10.2. The molecule has 0 spiro atoms. The Balaban J connectivity index is 2.11. The van der Waals surface area contributed by atoms with Gasteiger partial charge in [-0.2, -0.15) is 0 Å². The maximum atomic E-state index is 12.7. The van der Waals surface area contributed by atoms with Gasteiger partial charge >= 0.3 is 0 Å². The summed E-state index contributed by atoms with van der Waals surface area (Å²) in [6.45, 7) is 0.598. The minimum absolute atomic E-state index is 0.226. The van der Waals surface area contributed by atoms with E-state index in [2.05, 4.69) is 10.3 Å². The SMILES string of the molecule is CN(C)c1cn(Cc2ccc(F)cc2)nn1. The van der Waals surface area contributed by atoms with Crippen molar-refractivity contribution >= 4 is 5.82 Å². The lowest BCUT2D eigenvalue weighted by molar-refractivity contribution is 0.621. The van der Waals surface area contributed by atoms with Crippen molar-refractivity contribution in [3.05, 3.63) is 41.8 Å². The van der Waals surface area contributed by atoms with Gasteiger partial charge in [0.05, 0.1) is 12.7 Å². The molecule has 0 aliphatic carbocycles. The van der Waals surface area contributed by atoms with Gasteiger partial charge < -0.3 is 4.90 Å². The highest BCUT2D eigenvalue weighted by atomic mass is 19.1. The Bertz CT molecular complexity index is 461. The maximum Gasteiger partial charge on any atom is 0.170 e. The Kier molecular flexibility index (Phi) is 2.85. The van der Waals surface area contributed by atoms with Crippen molar-refractivity contribution in [2.45, 2.75) is 6.54 Å². The minimum atomic E-state index is -0.226. The van der Waals surface area contributed by atoms with Gasteiger partial charge in [0.15, 0.2) is 5.82 Å². The molecule has 1 heterocycles. The Morgan fingerprint density at radius 3 is 2.50 bits per heavy atom. The lowest BCUT2D eigenvalue weighted by Crippen LogP contribution is -2.08. The summed E-state index contributed by atoms with van der Waals surface area (Å²) in [6, 6.07) is 6.37. The van der Waals surface area contributed by atoms with Crippen LogP contribution in [0.2, 0.25) is 0 Å². The summed E-state index contributed by atoms with van der Waals surface area (Å²) in [5.74, 6) is 0.582. The second-order valence-corrected chi connectivity index (χ2v) is 3.80. The normalized spacial score (nSPS) is 10.4. The van der Waals surface area contributed by atoms with E-state index >= 15 is 0 Å². The number of rotatable bonds is 3. The molecule has 0 unspecified atom stereocenters. The molecular weight excluding hydrogens is 207 g/mol. The number of halogens is 1. The highest BCUT2D eigenvalue weighted by Gasteiger charge is 2.02. The standard InChI is InChI=1S/C11H13FN4/c1-15(2)11-8-16(14-13-11)7-9-3-5-10(12)6-4-9/h3-6,8H,7H2,1-2H3. The van der Waals surface area contributed by atoms with Crippen LogP contribution in [0.25, 0.3) is 0 Å². The fourth-order valence-electron chi connectivity index (χ4n) is 1.35. The van der Waals surface area contributed by atoms with E-state index < -0.39 is 0 Å². The van der Waals surface area contributed by atoms with Crippen LogP contribution >= 0.6 is 0 Å². The maximum absolute atomic E-state index is 12.7. The molecule has 0 radical (unpaired) electrons. The number of anilines is 1. The van der Waals surface area contributed by atoms with Crippen LogP contribution in [0.1, 0.15) is 5.56 Å². The van der Waals surface area contributed by atoms with Gasteiger partial charge in [0.1, 0.15) is 5.82 Å². The number of nitrogens with zero attached hydrogens (tertiary/aromatic N) is 4. The van der Waals surface area contributed by atoms with Crippen LogP contribution < -0.4 is 4.90 Å². The third-order valence-electron chi connectivity index (χ3n) is 2.24. The molecule has 0 atom stereocenters. The van der Waals surface area contributed by atoms with E-state index in [9.17, 15) is 4.39 Å². The van der Waals surface area contributed by atoms with Crippen molar-refractivity contribution in [1.29, 1.82) is 0 Å². The summed E-state index contributed by atoms with van der Waals surface area (Å²) < 4.78 is 14.4. The first-order valence-corrected chi connectivity index (χ1v) is 4.97. The second kappa shape index (κ2) is 4.30. The first-order chi connectivity index (χ1) is 7.65. The molecule has 2 aromatic rings. The number of aromatic nitrogens is 3. The van der Waals surface area contributed by atoms with Crippen molar-refractivity contribution in [3.8, 4) is 0 Å². The van der Waals surface area contributed by atoms with E-state index in [4.69, 9.17) is 0 Å². The molecule has 84 valence electrons. The molecule has 0 saturated carbocycles. The summed E-state index contributed by atoms with van der Waals surface area (Å²) in [7, 11) is 3.82. The Hall–Kier alpha value is -1.91. The molecule has 0 bridgehead atoms. The lowest BCUT2D eigenvalue weighted by Gasteiger charge is -2.05. The van der Waals surface area contributed by atoms with E-state index in [1.54, 1.807) is 16.8 Å². The van der Waals surface area contributed by atoms with Crippen molar-refractivity contribution in [1.82, 2.24) is 15.0 Å². The van der Waals surface area contributed by atoms with Gasteiger partial charge in [0, 0.05) is 14.1 Å². The van der Waals surface area contributed by atoms with Gasteiger partial charge in [0.25, 0.3) is 0 Å². The number of hydrogen-bond donors (Lipinski definition) is 0. The average molecular weight is 220 g/mol. The average Bonchev–Trinajstić information content (AvgIpc) is 2.70. The summed E-state index contributed by atoms with van der Waals surface area (Å²) in [5, 5.41) is 7.98. The molecule has 5 heteroatoms. The van der Waals surface area contributed by atoms with Crippen LogP contribution in [0.4, 0.5) is 10.2 Å². The third-order valence-corrected chi connectivity index (χ3v) is 2.24. The molecule has 0 N–H and O–H groups in total. The minimum Gasteiger partial charge on any atom is -0.360 e. The summed E-state index contributed by atoms with van der Waals surface area (Å²) >= 11 is 0. The van der Waals surface area contributed by atoms with Crippen molar-refractivity contribution < 1.29 is 4.39 Å². The van der Waals surface area contributed by atoms with Crippen molar-refractivity contribution in [3.63, 3.8) is 0 Å². The van der Waals surface area contributed by atoms with Crippen LogP contribution in [0.15, 0.2) is 30.5 Å². The topological polar surface area (TPSA) is 34.0 Å². The van der Waals surface area contributed by atoms with Gasteiger partial charge in [-0.25, -0.2) is 9.07 Å². The van der Waals surface area contributed by atoms with E-state index in [0.29, 0.717) is 6.54 Å². The Labute approximate surface area is 93.3 Å². The summed E-state index contributed by atoms with van der Waals surface area (Å²) in [5.41, 5.74) is 0.997. The van der Waals surface area contributed by atoms with E-state index in [1.807, 2.05) is 25.2 Å². The molecule has 0 fully saturated rings. The summed E-state index contributed by atoms with van der Waals surface area (Å²) in [4.78, 5) is 1.88. The second-order valence-electron chi connectivity index (χ2n) is 3.80. The highest BCUT2D eigenvalue weighted by molar-refractivity contribution is 5.31. The zero-order valence-corrected chi connectivity index (χ0v) is 9.26. The summed E-state index contributed by atoms with van der Waals surface area (Å²) in [6.07, 6.45) is 1.85. The highest BCUT2D eigenvalue weighted by Crippen LogP contribution is 2.08. The molecule has 0 amide bonds. The van der Waals surface area contributed by atoms with Crippen LogP contribution in [0.3, 0.4) is 0 Å². The zero-order valence-electron chi connectivity index (χ0n) is 9.26. The quantitative estimate of drug-likeness (QED) is 0.786. The fourth-order valence-corrected chi connectivity index (χ4v) is 1.35. The Morgan fingerprint density at radius 2 is 1.94 bits per heavy atom. The largest absolute Gasteiger partial charge is 0.360 e. The smallest absolute Gasteiger partial charge is 0.170 e. The molecule has 0 aliphatic heterocycles. The van der Waals surface area contributed by atoms with Gasteiger partial charge in [-0.05, 0) is 17.7 Å². The first kappa shape index (κ1) is 10.6. The van der Waals surface area contributed by atoms with Gasteiger partial charge in [0.2, 0.25) is 0 Å². The Morgan fingerprint density at radius 1 is 1.25 bits per heavy atom. The van der Waals surface area contributed by atoms with E-state index in [-0.39, 0.29) is 5.82 Å². The molecule has 1 aromatic carbocycles. The van der Waals surface area contributed by atoms with Crippen LogP contribution in [-0.2, 0) is 6.54 Å². The van der Waals surface area contributed by atoms with E-state index in [1.165, 1.54) is 12.1 Å². The van der Waals surface area contributed by atoms with Crippen LogP contribution in [0.5, 0.6) is 0 Å². The number of benzene rings is 1. The van der Waals surface area contributed by atoms with E-state index in [0.717, 1.165) is 11.4 Å². The fraction of sp³-hybridized carbons (Fsp3) is 0.273. The first-order valence-electron chi connectivity index (χ1n) is 4.97. The predicted octanol–water partition coefficient (Wildman–Crippen LogP) is 1.53. The molecule has 16 heavy (non-hydrogen) atoms. The monoisotopic (exact) mass is 220 g/mol. The van der Waals surface area contributed by atoms with Gasteiger partial charge in [-0.3, -0.25) is 0 Å². The van der Waals surface area contributed by atoms with Crippen LogP contribution in [0, 0.1) is 5.82 Å². The third kappa shape index (κ3) is 2.36. The molecule has 2 rings (SSSR count). The molecule has 0 saturated heterocycles. The van der Waals surface area contributed by atoms with Crippen LogP contribution in [-0.4, -0.2) is 29.1 Å². The molecule has 0 aliphatic rings. The van der Waals surface area contributed by atoms with Crippen molar-refractivity contribution in [2.75, 3.05) is 19.0 Å². The molecule has 1 aromatic heterocycles. The molecular formula is C11H13FN4. The zero-order chi connectivity index (χ0) is 11.5. The molecule has 4 nitrogen and oxygen atoms in total. The predicted molar refractivity (Wildman–Crippen MR) is 59.9 cm³/mol. The number of hydrogen-bond acceptors (Lipinski definition) is 3. The van der Waals surface area contributed by atoms with Gasteiger partial charge in [-0.15, -0.1) is 5.10 Å². The van der Waals surface area contributed by atoms with Gasteiger partial charge in [-0.1, -0.05) is 17.3 Å².